The van der Waals surface area contributed by atoms with Crippen LogP contribution in [-0.4, -0.2) is 19.2 Å². The van der Waals surface area contributed by atoms with Crippen LogP contribution in [0.5, 0.6) is 10.9 Å². The van der Waals surface area contributed by atoms with Crippen LogP contribution in [0.2, 0.25) is 5.02 Å². The number of aryl methyl sites for hydroxylation is 1. The molecule has 0 saturated heterocycles. The maximum Gasteiger partial charge on any atom is 0.273 e. The van der Waals surface area contributed by atoms with Crippen LogP contribution in [0.3, 0.4) is 0 Å². The minimum atomic E-state index is 0.624. The fraction of sp³-hybridized carbons (Fsp3) is 0.250. The van der Waals surface area contributed by atoms with Crippen LogP contribution in [0.1, 0.15) is 5.56 Å². The molecule has 0 aliphatic heterocycles. The Bertz CT molecular complexity index is 539. The average Bonchev–Trinajstić information content (AvgIpc) is 2.80. The van der Waals surface area contributed by atoms with Gasteiger partial charge in [0.05, 0.1) is 19.9 Å². The Kier molecular flexibility index (Phi) is 3.54. The fourth-order valence-corrected chi connectivity index (χ4v) is 2.30. The lowest BCUT2D eigenvalue weighted by Gasteiger charge is -2.08. The summed E-state index contributed by atoms with van der Waals surface area (Å²) < 4.78 is 10.4. The molecule has 5 heteroatoms. The number of methoxy groups -OCH3 is 2. The Balaban J connectivity index is 2.53. The topological polar surface area (TPSA) is 31.4 Å². The van der Waals surface area contributed by atoms with E-state index in [0.717, 1.165) is 22.6 Å². The van der Waals surface area contributed by atoms with Crippen molar-refractivity contribution in [2.24, 2.45) is 0 Å². The third-order valence-electron chi connectivity index (χ3n) is 2.41. The molecular formula is C12H12ClNO2S. The zero-order valence-corrected chi connectivity index (χ0v) is 11.4. The predicted molar refractivity (Wildman–Crippen MR) is 70.4 cm³/mol. The van der Waals surface area contributed by atoms with Crippen molar-refractivity contribution in [3.63, 3.8) is 0 Å². The number of ether oxygens (including phenoxy) is 2. The van der Waals surface area contributed by atoms with Crippen molar-refractivity contribution in [3.05, 3.63) is 28.1 Å². The minimum Gasteiger partial charge on any atom is -0.496 e. The van der Waals surface area contributed by atoms with E-state index in [1.165, 1.54) is 11.3 Å². The van der Waals surface area contributed by atoms with Crippen molar-refractivity contribution in [2.75, 3.05) is 14.2 Å². The lowest BCUT2D eigenvalue weighted by Crippen LogP contribution is -1.90. The standard InChI is InChI=1S/C12H12ClNO2S/c1-7-4-11(15-2)8(5-9(7)13)10-6-17-12(14-10)16-3/h4-6H,1-3H3. The summed E-state index contributed by atoms with van der Waals surface area (Å²) in [7, 11) is 3.23. The van der Waals surface area contributed by atoms with Crippen molar-refractivity contribution < 1.29 is 9.47 Å². The van der Waals surface area contributed by atoms with Gasteiger partial charge in [0.25, 0.3) is 5.19 Å². The Hall–Kier alpha value is -1.26. The highest BCUT2D eigenvalue weighted by Gasteiger charge is 2.12. The van der Waals surface area contributed by atoms with Gasteiger partial charge >= 0.3 is 0 Å². The van der Waals surface area contributed by atoms with E-state index in [0.29, 0.717) is 10.2 Å². The van der Waals surface area contributed by atoms with E-state index in [-0.39, 0.29) is 0 Å². The molecule has 0 bridgehead atoms. The molecule has 90 valence electrons. The van der Waals surface area contributed by atoms with Gasteiger partial charge < -0.3 is 9.47 Å². The third-order valence-corrected chi connectivity index (χ3v) is 3.62. The van der Waals surface area contributed by atoms with Crippen LogP contribution in [-0.2, 0) is 0 Å². The first-order valence-corrected chi connectivity index (χ1v) is 6.25. The quantitative estimate of drug-likeness (QED) is 0.850. The second kappa shape index (κ2) is 4.94. The first-order chi connectivity index (χ1) is 8.15. The van der Waals surface area contributed by atoms with Gasteiger partial charge in [0.2, 0.25) is 0 Å². The zero-order valence-electron chi connectivity index (χ0n) is 9.78. The number of benzene rings is 1. The van der Waals surface area contributed by atoms with Gasteiger partial charge in [-0.05, 0) is 24.6 Å². The lowest BCUT2D eigenvalue weighted by molar-refractivity contribution is 0.411. The van der Waals surface area contributed by atoms with E-state index in [1.807, 2.05) is 24.4 Å². The zero-order chi connectivity index (χ0) is 12.4. The van der Waals surface area contributed by atoms with Gasteiger partial charge in [-0.25, -0.2) is 4.98 Å². The number of aromatic nitrogens is 1. The molecular weight excluding hydrogens is 258 g/mol. The number of hydrogen-bond donors (Lipinski definition) is 0. The highest BCUT2D eigenvalue weighted by atomic mass is 35.5. The molecule has 0 spiro atoms. The predicted octanol–water partition coefficient (Wildman–Crippen LogP) is 3.79. The first kappa shape index (κ1) is 12.2. The van der Waals surface area contributed by atoms with Crippen molar-refractivity contribution in [1.82, 2.24) is 4.98 Å². The number of thiazole rings is 1. The lowest BCUT2D eigenvalue weighted by atomic mass is 10.1. The maximum atomic E-state index is 6.12. The molecule has 3 nitrogen and oxygen atoms in total. The van der Waals surface area contributed by atoms with Crippen molar-refractivity contribution in [2.45, 2.75) is 6.92 Å². The molecule has 1 aromatic carbocycles. The van der Waals surface area contributed by atoms with Crippen molar-refractivity contribution >= 4 is 22.9 Å². The molecule has 1 aromatic heterocycles. The summed E-state index contributed by atoms with van der Waals surface area (Å²) in [5, 5.41) is 3.24. The highest BCUT2D eigenvalue weighted by Crippen LogP contribution is 2.36. The van der Waals surface area contributed by atoms with Gasteiger partial charge in [-0.3, -0.25) is 0 Å². The molecule has 1 heterocycles. The summed E-state index contributed by atoms with van der Waals surface area (Å²) in [4.78, 5) is 4.34. The van der Waals surface area contributed by atoms with Gasteiger partial charge in [-0.1, -0.05) is 22.9 Å². The smallest absolute Gasteiger partial charge is 0.273 e. The van der Waals surface area contributed by atoms with E-state index >= 15 is 0 Å². The van der Waals surface area contributed by atoms with Crippen LogP contribution in [0.25, 0.3) is 11.3 Å². The Morgan fingerprint density at radius 1 is 1.24 bits per heavy atom. The van der Waals surface area contributed by atoms with Gasteiger partial charge in [0, 0.05) is 16.0 Å². The molecule has 0 aliphatic rings. The molecule has 0 radical (unpaired) electrons. The molecule has 0 amide bonds. The third kappa shape index (κ3) is 2.37. The highest BCUT2D eigenvalue weighted by molar-refractivity contribution is 7.11. The molecule has 17 heavy (non-hydrogen) atoms. The van der Waals surface area contributed by atoms with Gasteiger partial charge in [0.15, 0.2) is 0 Å². The second-order valence-electron chi connectivity index (χ2n) is 3.50. The molecule has 0 unspecified atom stereocenters. The van der Waals surface area contributed by atoms with Crippen LogP contribution in [0.4, 0.5) is 0 Å². The van der Waals surface area contributed by atoms with E-state index in [9.17, 15) is 0 Å². The minimum absolute atomic E-state index is 0.624. The summed E-state index contributed by atoms with van der Waals surface area (Å²) >= 11 is 7.56. The van der Waals surface area contributed by atoms with Crippen LogP contribution >= 0.6 is 22.9 Å². The largest absolute Gasteiger partial charge is 0.496 e. The number of rotatable bonds is 3. The summed E-state index contributed by atoms with van der Waals surface area (Å²) in [5.74, 6) is 0.764. The Labute approximate surface area is 109 Å². The second-order valence-corrected chi connectivity index (χ2v) is 4.73. The number of halogens is 1. The monoisotopic (exact) mass is 269 g/mol. The fourth-order valence-electron chi connectivity index (χ4n) is 1.50. The molecule has 2 rings (SSSR count). The van der Waals surface area contributed by atoms with Crippen molar-refractivity contribution in [1.29, 1.82) is 0 Å². The van der Waals surface area contributed by atoms with Gasteiger partial charge in [-0.2, -0.15) is 0 Å². The summed E-state index contributed by atoms with van der Waals surface area (Å²) in [5.41, 5.74) is 2.67. The van der Waals surface area contributed by atoms with Crippen molar-refractivity contribution in [3.8, 4) is 22.2 Å². The number of hydrogen-bond acceptors (Lipinski definition) is 4. The molecule has 0 N–H and O–H groups in total. The van der Waals surface area contributed by atoms with E-state index in [1.54, 1.807) is 14.2 Å². The number of nitrogens with zero attached hydrogens (tertiary/aromatic N) is 1. The molecule has 0 aliphatic carbocycles. The Morgan fingerprint density at radius 3 is 2.59 bits per heavy atom. The summed E-state index contributed by atoms with van der Waals surface area (Å²) in [6, 6.07) is 3.77. The maximum absolute atomic E-state index is 6.12. The molecule has 2 aromatic rings. The van der Waals surface area contributed by atoms with E-state index < -0.39 is 0 Å². The van der Waals surface area contributed by atoms with Crippen LogP contribution in [0.15, 0.2) is 17.5 Å². The normalized spacial score (nSPS) is 10.4. The van der Waals surface area contributed by atoms with Crippen LogP contribution < -0.4 is 9.47 Å². The molecule has 0 fully saturated rings. The average molecular weight is 270 g/mol. The molecule has 0 saturated carbocycles. The van der Waals surface area contributed by atoms with Gasteiger partial charge in [-0.15, -0.1) is 0 Å². The first-order valence-electron chi connectivity index (χ1n) is 4.99. The van der Waals surface area contributed by atoms with E-state index in [2.05, 4.69) is 4.98 Å². The summed E-state index contributed by atoms with van der Waals surface area (Å²) in [6.45, 7) is 1.94. The SMILES string of the molecule is COc1nc(-c2cc(Cl)c(C)cc2OC)cs1. The summed E-state index contributed by atoms with van der Waals surface area (Å²) in [6.07, 6.45) is 0. The Morgan fingerprint density at radius 2 is 2.00 bits per heavy atom. The van der Waals surface area contributed by atoms with E-state index in [4.69, 9.17) is 21.1 Å². The van der Waals surface area contributed by atoms with Gasteiger partial charge in [0.1, 0.15) is 5.75 Å². The molecule has 0 atom stereocenters. The van der Waals surface area contributed by atoms with Crippen LogP contribution in [0, 0.1) is 6.92 Å².